The van der Waals surface area contributed by atoms with Crippen LogP contribution >= 0.6 is 0 Å². The van der Waals surface area contributed by atoms with Gasteiger partial charge in [0.2, 0.25) is 0 Å². The van der Waals surface area contributed by atoms with Crippen molar-refractivity contribution in [3.8, 4) is 0 Å². The number of allylic oxidation sites excluding steroid dienone is 1. The van der Waals surface area contributed by atoms with Gasteiger partial charge in [-0.05, 0) is 55.9 Å². The molecule has 1 aromatic carbocycles. The normalized spacial score (nSPS) is 23.8. The van der Waals surface area contributed by atoms with Gasteiger partial charge in [0.05, 0.1) is 6.61 Å². The average Bonchev–Trinajstić information content (AvgIpc) is 2.48. The summed E-state index contributed by atoms with van der Waals surface area (Å²) in [6.45, 7) is 0.758. The molecule has 0 amide bonds. The van der Waals surface area contributed by atoms with E-state index in [0.717, 1.165) is 18.4 Å². The molecule has 0 aromatic heterocycles. The maximum absolute atomic E-state index is 5.05. The van der Waals surface area contributed by atoms with E-state index in [1.54, 1.807) is 7.11 Å². The second kappa shape index (κ2) is 8.16. The Labute approximate surface area is 117 Å². The van der Waals surface area contributed by atoms with Gasteiger partial charge in [0.25, 0.3) is 0 Å². The molecule has 1 heteroatoms. The predicted molar refractivity (Wildman–Crippen MR) is 81.2 cm³/mol. The smallest absolute Gasteiger partial charge is 0.0643 e. The largest absolute Gasteiger partial charge is 0.381 e. The lowest BCUT2D eigenvalue weighted by Gasteiger charge is -2.26. The van der Waals surface area contributed by atoms with E-state index in [4.69, 9.17) is 4.74 Å². The van der Waals surface area contributed by atoms with Gasteiger partial charge in [-0.1, -0.05) is 42.5 Å². The maximum Gasteiger partial charge on any atom is 0.0643 e. The fourth-order valence-corrected chi connectivity index (χ4v) is 3.03. The number of rotatable bonds is 6. The minimum Gasteiger partial charge on any atom is -0.381 e. The molecule has 0 radical (unpaired) electrons. The fraction of sp³-hybridized carbons (Fsp3) is 0.556. The Balaban J connectivity index is 1.66. The first-order valence-electron chi connectivity index (χ1n) is 7.58. The van der Waals surface area contributed by atoms with Crippen LogP contribution in [0.25, 0.3) is 0 Å². The lowest BCUT2D eigenvalue weighted by molar-refractivity contribution is 0.232. The number of hydrogen-bond donors (Lipinski definition) is 0. The molecule has 0 bridgehead atoms. The standard InChI is InChI=1S/C18H26O/c1-19-15-5-8-17-10-13-18(14-11-17)12-9-16-6-3-2-4-7-16/h2-8,17-18H,9-15H2,1H3. The SMILES string of the molecule is COCC=CC1CCC(CCc2ccccc2)CC1. The van der Waals surface area contributed by atoms with Crippen molar-refractivity contribution in [1.82, 2.24) is 0 Å². The Morgan fingerprint density at radius 3 is 2.53 bits per heavy atom. The Kier molecular flexibility index (Phi) is 6.16. The molecule has 1 saturated carbocycles. The Hall–Kier alpha value is -1.08. The highest BCUT2D eigenvalue weighted by atomic mass is 16.5. The monoisotopic (exact) mass is 258 g/mol. The minimum absolute atomic E-state index is 0.758. The van der Waals surface area contributed by atoms with Gasteiger partial charge in [-0.2, -0.15) is 0 Å². The van der Waals surface area contributed by atoms with Crippen molar-refractivity contribution in [3.63, 3.8) is 0 Å². The topological polar surface area (TPSA) is 9.23 Å². The molecule has 1 aromatic rings. The van der Waals surface area contributed by atoms with Crippen molar-refractivity contribution in [3.05, 3.63) is 48.0 Å². The van der Waals surface area contributed by atoms with E-state index in [2.05, 4.69) is 42.5 Å². The van der Waals surface area contributed by atoms with Crippen LogP contribution in [0.5, 0.6) is 0 Å². The van der Waals surface area contributed by atoms with E-state index in [1.807, 2.05) is 0 Å². The van der Waals surface area contributed by atoms with Gasteiger partial charge in [-0.15, -0.1) is 0 Å². The molecule has 19 heavy (non-hydrogen) atoms. The number of aryl methyl sites for hydroxylation is 1. The lowest BCUT2D eigenvalue weighted by Crippen LogP contribution is -2.13. The zero-order chi connectivity index (χ0) is 13.3. The molecule has 0 heterocycles. The molecule has 1 aliphatic carbocycles. The third kappa shape index (κ3) is 5.20. The number of benzene rings is 1. The molecule has 0 atom stereocenters. The maximum atomic E-state index is 5.05. The Bertz CT molecular complexity index is 361. The second-order valence-corrected chi connectivity index (χ2v) is 5.69. The highest BCUT2D eigenvalue weighted by Gasteiger charge is 2.19. The van der Waals surface area contributed by atoms with E-state index < -0.39 is 0 Å². The molecule has 0 saturated heterocycles. The van der Waals surface area contributed by atoms with Crippen LogP contribution in [0.1, 0.15) is 37.7 Å². The van der Waals surface area contributed by atoms with Crippen LogP contribution in [0.3, 0.4) is 0 Å². The third-order valence-corrected chi connectivity index (χ3v) is 4.25. The van der Waals surface area contributed by atoms with Crippen LogP contribution in [0.15, 0.2) is 42.5 Å². The summed E-state index contributed by atoms with van der Waals surface area (Å²) in [5.41, 5.74) is 1.49. The lowest BCUT2D eigenvalue weighted by atomic mass is 9.79. The summed E-state index contributed by atoms with van der Waals surface area (Å²) in [6, 6.07) is 10.9. The van der Waals surface area contributed by atoms with Crippen molar-refractivity contribution in [2.75, 3.05) is 13.7 Å². The van der Waals surface area contributed by atoms with Gasteiger partial charge in [0.15, 0.2) is 0 Å². The van der Waals surface area contributed by atoms with Crippen molar-refractivity contribution in [2.45, 2.75) is 38.5 Å². The van der Waals surface area contributed by atoms with E-state index in [1.165, 1.54) is 44.1 Å². The Morgan fingerprint density at radius 1 is 1.11 bits per heavy atom. The molecular formula is C18H26O. The first-order chi connectivity index (χ1) is 9.38. The summed E-state index contributed by atoms with van der Waals surface area (Å²) in [5.74, 6) is 1.73. The van der Waals surface area contributed by atoms with Gasteiger partial charge >= 0.3 is 0 Å². The van der Waals surface area contributed by atoms with Crippen LogP contribution in [-0.2, 0) is 11.2 Å². The van der Waals surface area contributed by atoms with E-state index in [9.17, 15) is 0 Å². The van der Waals surface area contributed by atoms with Crippen LogP contribution < -0.4 is 0 Å². The van der Waals surface area contributed by atoms with Gasteiger partial charge in [-0.3, -0.25) is 0 Å². The minimum atomic E-state index is 0.758. The van der Waals surface area contributed by atoms with Gasteiger partial charge in [0.1, 0.15) is 0 Å². The zero-order valence-corrected chi connectivity index (χ0v) is 12.1. The van der Waals surface area contributed by atoms with Crippen molar-refractivity contribution >= 4 is 0 Å². The molecule has 0 N–H and O–H groups in total. The Morgan fingerprint density at radius 2 is 1.84 bits per heavy atom. The summed E-state index contributed by atoms with van der Waals surface area (Å²) >= 11 is 0. The molecule has 1 fully saturated rings. The summed E-state index contributed by atoms with van der Waals surface area (Å²) in [4.78, 5) is 0. The summed E-state index contributed by atoms with van der Waals surface area (Å²) in [7, 11) is 1.75. The highest BCUT2D eigenvalue weighted by Crippen LogP contribution is 2.32. The van der Waals surface area contributed by atoms with Crippen molar-refractivity contribution in [2.24, 2.45) is 11.8 Å². The molecule has 2 rings (SSSR count). The third-order valence-electron chi connectivity index (χ3n) is 4.25. The second-order valence-electron chi connectivity index (χ2n) is 5.69. The molecular weight excluding hydrogens is 232 g/mol. The van der Waals surface area contributed by atoms with E-state index in [-0.39, 0.29) is 0 Å². The van der Waals surface area contributed by atoms with Gasteiger partial charge in [0, 0.05) is 7.11 Å². The zero-order valence-electron chi connectivity index (χ0n) is 12.1. The van der Waals surface area contributed by atoms with E-state index in [0.29, 0.717) is 0 Å². The van der Waals surface area contributed by atoms with Crippen LogP contribution in [-0.4, -0.2) is 13.7 Å². The molecule has 0 unspecified atom stereocenters. The summed E-state index contributed by atoms with van der Waals surface area (Å²) in [6.07, 6.45) is 12.7. The highest BCUT2D eigenvalue weighted by molar-refractivity contribution is 5.14. The summed E-state index contributed by atoms with van der Waals surface area (Å²) < 4.78 is 5.05. The van der Waals surface area contributed by atoms with Gasteiger partial charge < -0.3 is 4.74 Å². The first-order valence-corrected chi connectivity index (χ1v) is 7.58. The van der Waals surface area contributed by atoms with Crippen LogP contribution in [0.2, 0.25) is 0 Å². The van der Waals surface area contributed by atoms with Crippen LogP contribution in [0, 0.1) is 11.8 Å². The molecule has 1 nitrogen and oxygen atoms in total. The quantitative estimate of drug-likeness (QED) is 0.676. The van der Waals surface area contributed by atoms with Gasteiger partial charge in [-0.25, -0.2) is 0 Å². The molecule has 0 spiro atoms. The van der Waals surface area contributed by atoms with E-state index >= 15 is 0 Å². The number of hydrogen-bond acceptors (Lipinski definition) is 1. The van der Waals surface area contributed by atoms with Crippen molar-refractivity contribution in [1.29, 1.82) is 0 Å². The predicted octanol–water partition coefficient (Wildman–Crippen LogP) is 4.63. The average molecular weight is 258 g/mol. The molecule has 104 valence electrons. The summed E-state index contributed by atoms with van der Waals surface area (Å²) in [5, 5.41) is 0. The van der Waals surface area contributed by atoms with Crippen molar-refractivity contribution < 1.29 is 4.74 Å². The van der Waals surface area contributed by atoms with Crippen LogP contribution in [0.4, 0.5) is 0 Å². The first kappa shape index (κ1) is 14.3. The number of methoxy groups -OCH3 is 1. The number of ether oxygens (including phenoxy) is 1. The molecule has 1 aliphatic rings. The molecule has 0 aliphatic heterocycles. The fourth-order valence-electron chi connectivity index (χ4n) is 3.03.